The third-order valence-corrected chi connectivity index (χ3v) is 2.71. The van der Waals surface area contributed by atoms with Gasteiger partial charge in [0.05, 0.1) is 0 Å². The molecule has 0 unspecified atom stereocenters. The Morgan fingerprint density at radius 1 is 1.14 bits per heavy atom. The van der Waals surface area contributed by atoms with Crippen LogP contribution in [0.3, 0.4) is 0 Å². The lowest BCUT2D eigenvalue weighted by Crippen LogP contribution is -1.98. The monoisotopic (exact) mass is 205 g/mol. The Bertz CT molecular complexity index is 477. The Labute approximate surface area is 88.5 Å². The van der Waals surface area contributed by atoms with Crippen molar-refractivity contribution in [2.75, 3.05) is 0 Å². The number of rotatable bonds is 1. The van der Waals surface area contributed by atoms with Crippen LogP contribution in [0.25, 0.3) is 10.8 Å². The van der Waals surface area contributed by atoms with Crippen molar-refractivity contribution in [2.24, 2.45) is 5.73 Å². The highest BCUT2D eigenvalue weighted by Gasteiger charge is 2.00. The van der Waals surface area contributed by atoms with Gasteiger partial charge in [-0.3, -0.25) is 0 Å². The van der Waals surface area contributed by atoms with Gasteiger partial charge in [-0.1, -0.05) is 23.7 Å². The van der Waals surface area contributed by atoms with E-state index in [0.29, 0.717) is 6.54 Å². The Kier molecular flexibility index (Phi) is 2.44. The lowest BCUT2D eigenvalue weighted by molar-refractivity contribution is 1.05. The molecule has 0 aromatic heterocycles. The van der Waals surface area contributed by atoms with Gasteiger partial charge in [0.15, 0.2) is 0 Å². The molecule has 0 heterocycles. The van der Waals surface area contributed by atoms with E-state index < -0.39 is 0 Å². The third kappa shape index (κ3) is 1.61. The predicted molar refractivity (Wildman–Crippen MR) is 61.6 cm³/mol. The molecule has 0 saturated carbocycles. The van der Waals surface area contributed by atoms with Crippen molar-refractivity contribution in [3.8, 4) is 0 Å². The van der Waals surface area contributed by atoms with Gasteiger partial charge in [0, 0.05) is 11.6 Å². The Morgan fingerprint density at radius 3 is 2.64 bits per heavy atom. The van der Waals surface area contributed by atoms with Crippen LogP contribution in [0.2, 0.25) is 5.02 Å². The second-order valence-electron chi connectivity index (χ2n) is 3.47. The summed E-state index contributed by atoms with van der Waals surface area (Å²) in [7, 11) is 0. The van der Waals surface area contributed by atoms with Crippen LogP contribution in [0.5, 0.6) is 0 Å². The van der Waals surface area contributed by atoms with Crippen molar-refractivity contribution in [1.82, 2.24) is 0 Å². The molecule has 0 saturated heterocycles. The molecule has 2 aromatic carbocycles. The molecule has 0 aliphatic carbocycles. The molecule has 2 aromatic rings. The zero-order chi connectivity index (χ0) is 10.1. The predicted octanol–water partition coefficient (Wildman–Crippen LogP) is 3.26. The van der Waals surface area contributed by atoms with Gasteiger partial charge in [-0.25, -0.2) is 0 Å². The molecule has 2 heteroatoms. The number of aryl methyl sites for hydroxylation is 1. The zero-order valence-electron chi connectivity index (χ0n) is 8.05. The van der Waals surface area contributed by atoms with Crippen molar-refractivity contribution < 1.29 is 0 Å². The quantitative estimate of drug-likeness (QED) is 0.760. The molecule has 2 N–H and O–H groups in total. The zero-order valence-corrected chi connectivity index (χ0v) is 8.81. The molecule has 1 nitrogen and oxygen atoms in total. The average molecular weight is 206 g/mol. The van der Waals surface area contributed by atoms with Crippen LogP contribution in [0, 0.1) is 6.92 Å². The fourth-order valence-electron chi connectivity index (χ4n) is 1.65. The number of hydrogen-bond donors (Lipinski definition) is 1. The minimum absolute atomic E-state index is 0.578. The molecule has 0 fully saturated rings. The first kappa shape index (κ1) is 9.50. The smallest absolute Gasteiger partial charge is 0.0412 e. The molecule has 0 amide bonds. The fourth-order valence-corrected chi connectivity index (χ4v) is 1.83. The largest absolute Gasteiger partial charge is 0.326 e. The summed E-state index contributed by atoms with van der Waals surface area (Å²) < 4.78 is 0. The summed E-state index contributed by atoms with van der Waals surface area (Å²) in [6, 6.07) is 10.2. The number of halogens is 1. The lowest BCUT2D eigenvalue weighted by atomic mass is 10.0. The molecule has 2 rings (SSSR count). The van der Waals surface area contributed by atoms with E-state index in [-0.39, 0.29) is 0 Å². The maximum atomic E-state index is 5.92. The number of nitrogens with two attached hydrogens (primary N) is 1. The first-order chi connectivity index (χ1) is 6.70. The maximum Gasteiger partial charge on any atom is 0.0412 e. The van der Waals surface area contributed by atoms with E-state index >= 15 is 0 Å². The molecule has 72 valence electrons. The SMILES string of the molecule is Cc1cc2ccc(Cl)cc2cc1CN. The number of benzene rings is 2. The standard InChI is InChI=1S/C12H12ClN/c1-8-4-9-2-3-12(13)6-10(9)5-11(8)7-14/h2-6H,7,14H2,1H3. The summed E-state index contributed by atoms with van der Waals surface area (Å²) in [5.74, 6) is 0. The van der Waals surface area contributed by atoms with Gasteiger partial charge in [0.1, 0.15) is 0 Å². The van der Waals surface area contributed by atoms with E-state index in [9.17, 15) is 0 Å². The molecular formula is C12H12ClN. The van der Waals surface area contributed by atoms with Crippen LogP contribution < -0.4 is 5.73 Å². The first-order valence-electron chi connectivity index (χ1n) is 4.59. The molecule has 0 aliphatic heterocycles. The molecule has 0 radical (unpaired) electrons. The van der Waals surface area contributed by atoms with Gasteiger partial charge in [-0.05, 0) is 47.0 Å². The lowest BCUT2D eigenvalue weighted by Gasteiger charge is -2.06. The van der Waals surface area contributed by atoms with E-state index in [4.69, 9.17) is 17.3 Å². The van der Waals surface area contributed by atoms with Gasteiger partial charge in [-0.2, -0.15) is 0 Å². The topological polar surface area (TPSA) is 26.0 Å². The Hall–Kier alpha value is -1.05. The van der Waals surface area contributed by atoms with Crippen molar-refractivity contribution in [3.63, 3.8) is 0 Å². The second kappa shape index (κ2) is 3.60. The van der Waals surface area contributed by atoms with Crippen LogP contribution in [0.1, 0.15) is 11.1 Å². The van der Waals surface area contributed by atoms with Crippen LogP contribution in [-0.4, -0.2) is 0 Å². The average Bonchev–Trinajstić information content (AvgIpc) is 2.17. The normalized spacial score (nSPS) is 10.8. The van der Waals surface area contributed by atoms with Gasteiger partial charge >= 0.3 is 0 Å². The van der Waals surface area contributed by atoms with E-state index in [0.717, 1.165) is 10.4 Å². The van der Waals surface area contributed by atoms with Crippen molar-refractivity contribution in [2.45, 2.75) is 13.5 Å². The maximum absolute atomic E-state index is 5.92. The molecule has 0 aliphatic rings. The minimum atomic E-state index is 0.578. The summed E-state index contributed by atoms with van der Waals surface area (Å²) in [5.41, 5.74) is 8.07. The molecule has 0 spiro atoms. The fraction of sp³-hybridized carbons (Fsp3) is 0.167. The van der Waals surface area contributed by atoms with Crippen LogP contribution in [-0.2, 0) is 6.54 Å². The van der Waals surface area contributed by atoms with Gasteiger partial charge < -0.3 is 5.73 Å². The highest BCUT2D eigenvalue weighted by atomic mass is 35.5. The van der Waals surface area contributed by atoms with Gasteiger partial charge in [0.2, 0.25) is 0 Å². The highest BCUT2D eigenvalue weighted by Crippen LogP contribution is 2.22. The van der Waals surface area contributed by atoms with Gasteiger partial charge in [-0.15, -0.1) is 0 Å². The van der Waals surface area contributed by atoms with Crippen LogP contribution in [0.15, 0.2) is 30.3 Å². The molecule has 0 bridgehead atoms. The molecule has 14 heavy (non-hydrogen) atoms. The Balaban J connectivity index is 2.73. The highest BCUT2D eigenvalue weighted by molar-refractivity contribution is 6.31. The van der Waals surface area contributed by atoms with Crippen molar-refractivity contribution in [3.05, 3.63) is 46.5 Å². The first-order valence-corrected chi connectivity index (χ1v) is 4.97. The number of hydrogen-bond acceptors (Lipinski definition) is 1. The Morgan fingerprint density at radius 2 is 1.93 bits per heavy atom. The second-order valence-corrected chi connectivity index (χ2v) is 3.91. The summed E-state index contributed by atoms with van der Waals surface area (Å²) >= 11 is 5.92. The summed E-state index contributed by atoms with van der Waals surface area (Å²) in [6.45, 7) is 2.66. The van der Waals surface area contributed by atoms with E-state index in [1.165, 1.54) is 16.5 Å². The summed E-state index contributed by atoms with van der Waals surface area (Å²) in [5, 5.41) is 3.14. The molecular weight excluding hydrogens is 194 g/mol. The van der Waals surface area contributed by atoms with E-state index in [1.54, 1.807) is 0 Å². The van der Waals surface area contributed by atoms with Gasteiger partial charge in [0.25, 0.3) is 0 Å². The van der Waals surface area contributed by atoms with E-state index in [1.807, 2.05) is 18.2 Å². The van der Waals surface area contributed by atoms with Crippen molar-refractivity contribution in [1.29, 1.82) is 0 Å². The van der Waals surface area contributed by atoms with Crippen LogP contribution in [0.4, 0.5) is 0 Å². The number of fused-ring (bicyclic) bond motifs is 1. The summed E-state index contributed by atoms with van der Waals surface area (Å²) in [4.78, 5) is 0. The van der Waals surface area contributed by atoms with E-state index in [2.05, 4.69) is 19.1 Å². The van der Waals surface area contributed by atoms with Crippen LogP contribution >= 0.6 is 11.6 Å². The minimum Gasteiger partial charge on any atom is -0.326 e. The molecule has 0 atom stereocenters. The van der Waals surface area contributed by atoms with Crippen molar-refractivity contribution >= 4 is 22.4 Å². The third-order valence-electron chi connectivity index (χ3n) is 2.48. The summed E-state index contributed by atoms with van der Waals surface area (Å²) in [6.07, 6.45) is 0.